The van der Waals surface area contributed by atoms with E-state index in [1.807, 2.05) is 12.1 Å². The van der Waals surface area contributed by atoms with Gasteiger partial charge < -0.3 is 15.4 Å². The van der Waals surface area contributed by atoms with Crippen LogP contribution in [0, 0.1) is 12.5 Å². The summed E-state index contributed by atoms with van der Waals surface area (Å²) in [5.74, 6) is -0.272. The van der Waals surface area contributed by atoms with Crippen LogP contribution in [-0.4, -0.2) is 35.8 Å². The average Bonchev–Trinajstić information content (AvgIpc) is 2.75. The molecule has 0 radical (unpaired) electrons. The third kappa shape index (κ3) is 4.54. The third-order valence-electron chi connectivity index (χ3n) is 6.10. The van der Waals surface area contributed by atoms with Gasteiger partial charge in [-0.25, -0.2) is 9.24 Å². The van der Waals surface area contributed by atoms with Crippen LogP contribution in [0.4, 0.5) is 21.5 Å². The standard InChI is InChI=1S/C23H27FN4O2/c1-14-11-18(9-10-30-14)27-22-19-12-17(25-2)7-8-20(19)26-13-21(22)28-23(29)15-3-5-16(24)6-4-15/h7-8,12-16,18H,3-6,9-11H2,1H3,(H,26,27)(H,28,29)/t14-,15?,16?,18-/m1/s1. The van der Waals surface area contributed by atoms with Gasteiger partial charge in [0, 0.05) is 24.0 Å². The van der Waals surface area contributed by atoms with Crippen molar-refractivity contribution < 1.29 is 13.9 Å². The van der Waals surface area contributed by atoms with Crippen LogP contribution in [0.5, 0.6) is 0 Å². The maximum absolute atomic E-state index is 13.5. The summed E-state index contributed by atoms with van der Waals surface area (Å²) in [4.78, 5) is 20.9. The van der Waals surface area contributed by atoms with Crippen molar-refractivity contribution in [3.63, 3.8) is 0 Å². The SMILES string of the molecule is [C-]#[N+]c1ccc2ncc(NC(=O)C3CCC(F)CC3)c(N[C@@H]3CCO[C@H](C)C3)c2c1. The molecule has 2 N–H and O–H groups in total. The molecule has 0 unspecified atom stereocenters. The summed E-state index contributed by atoms with van der Waals surface area (Å²) in [6.45, 7) is 10.1. The highest BCUT2D eigenvalue weighted by Crippen LogP contribution is 2.35. The number of hydrogen-bond donors (Lipinski definition) is 2. The molecule has 2 aromatic rings. The first-order chi connectivity index (χ1) is 14.5. The maximum Gasteiger partial charge on any atom is 0.227 e. The van der Waals surface area contributed by atoms with Crippen molar-refractivity contribution in [3.05, 3.63) is 35.8 Å². The zero-order chi connectivity index (χ0) is 21.1. The van der Waals surface area contributed by atoms with Gasteiger partial charge in [0.05, 0.1) is 35.8 Å². The molecule has 2 aliphatic rings. The molecule has 7 heteroatoms. The smallest absolute Gasteiger partial charge is 0.227 e. The molecule has 2 heterocycles. The minimum Gasteiger partial charge on any atom is -0.380 e. The number of benzene rings is 1. The van der Waals surface area contributed by atoms with Crippen LogP contribution in [0.3, 0.4) is 0 Å². The second-order valence-electron chi connectivity index (χ2n) is 8.35. The molecule has 2 fully saturated rings. The number of rotatable bonds is 4. The van der Waals surface area contributed by atoms with E-state index < -0.39 is 6.17 Å². The van der Waals surface area contributed by atoms with Crippen molar-refractivity contribution in [2.45, 2.75) is 63.8 Å². The maximum atomic E-state index is 13.5. The number of nitrogens with zero attached hydrogens (tertiary/aromatic N) is 2. The van der Waals surface area contributed by atoms with Crippen molar-refractivity contribution in [2.24, 2.45) is 5.92 Å². The number of fused-ring (bicyclic) bond motifs is 1. The van der Waals surface area contributed by atoms with Crippen LogP contribution in [0.15, 0.2) is 24.4 Å². The van der Waals surface area contributed by atoms with E-state index in [0.717, 1.165) is 29.4 Å². The lowest BCUT2D eigenvalue weighted by Gasteiger charge is -2.30. The molecule has 1 aliphatic carbocycles. The van der Waals surface area contributed by atoms with E-state index in [4.69, 9.17) is 11.3 Å². The molecule has 1 amide bonds. The fourth-order valence-corrected chi connectivity index (χ4v) is 4.38. The monoisotopic (exact) mass is 410 g/mol. The summed E-state index contributed by atoms with van der Waals surface area (Å²) >= 11 is 0. The fraction of sp³-hybridized carbons (Fsp3) is 0.522. The number of carbonyl (C=O) groups excluding carboxylic acids is 1. The van der Waals surface area contributed by atoms with Crippen LogP contribution >= 0.6 is 0 Å². The Kier molecular flexibility index (Phi) is 6.14. The molecular weight excluding hydrogens is 383 g/mol. The quantitative estimate of drug-likeness (QED) is 0.677. The van der Waals surface area contributed by atoms with Crippen molar-refractivity contribution in [2.75, 3.05) is 17.2 Å². The molecule has 1 aromatic carbocycles. The first kappa shape index (κ1) is 20.5. The molecule has 30 heavy (non-hydrogen) atoms. The van der Waals surface area contributed by atoms with Gasteiger partial charge in [-0.05, 0) is 57.6 Å². The Morgan fingerprint density at radius 3 is 2.80 bits per heavy atom. The summed E-state index contributed by atoms with van der Waals surface area (Å²) in [5, 5.41) is 7.44. The summed E-state index contributed by atoms with van der Waals surface area (Å²) in [5.41, 5.74) is 2.69. The van der Waals surface area contributed by atoms with Crippen molar-refractivity contribution in [3.8, 4) is 0 Å². The van der Waals surface area contributed by atoms with Crippen LogP contribution < -0.4 is 10.6 Å². The van der Waals surface area contributed by atoms with E-state index in [1.165, 1.54) is 0 Å². The van der Waals surface area contributed by atoms with Gasteiger partial charge in [-0.3, -0.25) is 9.78 Å². The molecule has 158 valence electrons. The average molecular weight is 410 g/mol. The van der Waals surface area contributed by atoms with E-state index in [2.05, 4.69) is 27.4 Å². The molecule has 4 rings (SSSR count). The lowest BCUT2D eigenvalue weighted by Crippen LogP contribution is -2.33. The minimum absolute atomic E-state index is 0.0900. The van der Waals surface area contributed by atoms with Gasteiger partial charge in [-0.1, -0.05) is 6.07 Å². The molecule has 0 spiro atoms. The molecule has 1 aliphatic heterocycles. The highest BCUT2D eigenvalue weighted by atomic mass is 19.1. The highest BCUT2D eigenvalue weighted by molar-refractivity contribution is 6.04. The van der Waals surface area contributed by atoms with Gasteiger partial charge in [0.25, 0.3) is 0 Å². The third-order valence-corrected chi connectivity index (χ3v) is 6.10. The second kappa shape index (κ2) is 8.97. The van der Waals surface area contributed by atoms with Crippen molar-refractivity contribution in [1.82, 2.24) is 4.98 Å². The summed E-state index contributed by atoms with van der Waals surface area (Å²) in [6, 6.07) is 5.59. The van der Waals surface area contributed by atoms with Crippen LogP contribution in [0.1, 0.15) is 45.4 Å². The largest absolute Gasteiger partial charge is 0.380 e. The van der Waals surface area contributed by atoms with Crippen molar-refractivity contribution >= 4 is 33.9 Å². The minimum atomic E-state index is -0.795. The van der Waals surface area contributed by atoms with Gasteiger partial charge in [-0.15, -0.1) is 0 Å². The Labute approximate surface area is 176 Å². The Morgan fingerprint density at radius 1 is 1.27 bits per heavy atom. The summed E-state index contributed by atoms with van der Waals surface area (Å²) < 4.78 is 19.1. The molecular formula is C23H27FN4O2. The number of nitrogens with one attached hydrogen (secondary N) is 2. The topological polar surface area (TPSA) is 67.6 Å². The van der Waals surface area contributed by atoms with Gasteiger partial charge >= 0.3 is 0 Å². The number of ether oxygens (including phenoxy) is 1. The van der Waals surface area contributed by atoms with Gasteiger partial charge in [0.1, 0.15) is 6.17 Å². The van der Waals surface area contributed by atoms with E-state index >= 15 is 0 Å². The van der Waals surface area contributed by atoms with Gasteiger partial charge in [0.2, 0.25) is 5.91 Å². The predicted molar refractivity (Wildman–Crippen MR) is 116 cm³/mol. The summed E-state index contributed by atoms with van der Waals surface area (Å²) in [7, 11) is 0. The van der Waals surface area contributed by atoms with Gasteiger partial charge in [0.15, 0.2) is 5.69 Å². The van der Waals surface area contributed by atoms with Crippen LogP contribution in [0.2, 0.25) is 0 Å². The number of pyridine rings is 1. The number of aromatic nitrogens is 1. The fourth-order valence-electron chi connectivity index (χ4n) is 4.38. The van der Waals surface area contributed by atoms with E-state index in [-0.39, 0.29) is 24.0 Å². The Balaban J connectivity index is 1.65. The molecule has 1 aromatic heterocycles. The lowest BCUT2D eigenvalue weighted by atomic mass is 9.87. The normalized spacial score (nSPS) is 26.7. The molecule has 1 saturated heterocycles. The van der Waals surface area contributed by atoms with E-state index in [1.54, 1.807) is 12.3 Å². The number of hydrogen-bond acceptors (Lipinski definition) is 4. The van der Waals surface area contributed by atoms with Crippen LogP contribution in [-0.2, 0) is 9.53 Å². The second-order valence-corrected chi connectivity index (χ2v) is 8.35. The number of carbonyl (C=O) groups is 1. The van der Waals surface area contributed by atoms with Crippen molar-refractivity contribution in [1.29, 1.82) is 0 Å². The van der Waals surface area contributed by atoms with Crippen LogP contribution in [0.25, 0.3) is 15.7 Å². The number of amides is 1. The van der Waals surface area contributed by atoms with E-state index in [0.29, 0.717) is 43.7 Å². The highest BCUT2D eigenvalue weighted by Gasteiger charge is 2.27. The zero-order valence-corrected chi connectivity index (χ0v) is 17.2. The first-order valence-corrected chi connectivity index (χ1v) is 10.7. The van der Waals surface area contributed by atoms with Gasteiger partial charge in [-0.2, -0.15) is 0 Å². The van der Waals surface area contributed by atoms with E-state index in [9.17, 15) is 9.18 Å². The predicted octanol–water partition coefficient (Wildman–Crippen LogP) is 5.23. The Morgan fingerprint density at radius 2 is 2.07 bits per heavy atom. The Hall–Kier alpha value is -2.72. The lowest BCUT2D eigenvalue weighted by molar-refractivity contribution is -0.121. The molecule has 1 saturated carbocycles. The molecule has 2 atom stereocenters. The molecule has 6 nitrogen and oxygen atoms in total. The Bertz CT molecular complexity index is 966. The first-order valence-electron chi connectivity index (χ1n) is 10.7. The number of halogens is 1. The number of anilines is 2. The number of alkyl halides is 1. The zero-order valence-electron chi connectivity index (χ0n) is 17.2. The summed E-state index contributed by atoms with van der Waals surface area (Å²) in [6.07, 6.45) is 4.77. The molecule has 0 bridgehead atoms.